The topological polar surface area (TPSA) is 179 Å². The first-order chi connectivity index (χ1) is 28.4. The second-order valence-corrected chi connectivity index (χ2v) is 17.8. The van der Waals surface area contributed by atoms with Gasteiger partial charge in [-0.25, -0.2) is 9.59 Å². The molecule has 0 radical (unpaired) electrons. The molecule has 0 bridgehead atoms. The predicted molar refractivity (Wildman–Crippen MR) is 233 cm³/mol. The standard InChI is InChI=1S/C47H61N7O6/c1-46(2,3)40(52-44(58)60-7)42(56)50-36(27-32-16-20-34(21-17-32)37-15-11-12-24-49-37)29-39(55)38(28-31-13-9-8-10-14-31)51-43(57)41(47(4,5)6)54-26-25-53(45(54)59)30-33-18-22-35(48)23-19-33/h8-24,36,38-41,55H,25-30,48H2,1-7H3,(H,50,56)(H,51,57)(H,52,58)/t36-,38-,39-,40?,41?/m0/s1. The third-order valence-corrected chi connectivity index (χ3v) is 10.8. The first kappa shape index (κ1) is 45.1. The number of nitrogens with one attached hydrogen (secondary N) is 3. The first-order valence-corrected chi connectivity index (χ1v) is 20.5. The van der Waals surface area contributed by atoms with E-state index in [1.807, 2.05) is 126 Å². The van der Waals surface area contributed by atoms with Crippen molar-refractivity contribution in [1.82, 2.24) is 30.7 Å². The predicted octanol–water partition coefficient (Wildman–Crippen LogP) is 5.96. The lowest BCUT2D eigenvalue weighted by atomic mass is 9.84. The number of hydrogen-bond donors (Lipinski definition) is 5. The van der Waals surface area contributed by atoms with E-state index < -0.39 is 53.1 Å². The van der Waals surface area contributed by atoms with Crippen LogP contribution >= 0.6 is 0 Å². The number of nitrogen functional groups attached to an aromatic ring is 1. The Balaban J connectivity index is 1.41. The number of carbonyl (C=O) groups is 4. The summed E-state index contributed by atoms with van der Waals surface area (Å²) in [5.41, 5.74) is 9.64. The van der Waals surface area contributed by atoms with E-state index in [2.05, 4.69) is 20.9 Å². The Morgan fingerprint density at radius 1 is 0.767 bits per heavy atom. The van der Waals surface area contributed by atoms with Crippen LogP contribution in [0.2, 0.25) is 0 Å². The number of anilines is 1. The maximum Gasteiger partial charge on any atom is 0.407 e. The molecule has 320 valence electrons. The van der Waals surface area contributed by atoms with Gasteiger partial charge in [0.1, 0.15) is 12.1 Å². The lowest BCUT2D eigenvalue weighted by Crippen LogP contribution is -2.59. The molecule has 13 heteroatoms. The zero-order valence-corrected chi connectivity index (χ0v) is 35.9. The molecule has 0 aliphatic carbocycles. The van der Waals surface area contributed by atoms with Crippen molar-refractivity contribution in [3.05, 3.63) is 120 Å². The Labute approximate surface area is 354 Å². The number of alkyl carbamates (subject to hydrolysis) is 1. The Morgan fingerprint density at radius 3 is 2.00 bits per heavy atom. The molecule has 1 aromatic heterocycles. The molecule has 3 aromatic carbocycles. The van der Waals surface area contributed by atoms with Crippen LogP contribution in [0.25, 0.3) is 11.3 Å². The number of amides is 5. The largest absolute Gasteiger partial charge is 0.453 e. The molecule has 0 saturated carbocycles. The second-order valence-electron chi connectivity index (χ2n) is 17.8. The maximum absolute atomic E-state index is 14.6. The van der Waals surface area contributed by atoms with Crippen molar-refractivity contribution < 1.29 is 29.0 Å². The van der Waals surface area contributed by atoms with Gasteiger partial charge in [-0.05, 0) is 71.0 Å². The van der Waals surface area contributed by atoms with Crippen LogP contribution in [0.4, 0.5) is 15.3 Å². The average Bonchev–Trinajstić information content (AvgIpc) is 3.55. The molecule has 1 fully saturated rings. The van der Waals surface area contributed by atoms with Crippen molar-refractivity contribution in [3.8, 4) is 11.3 Å². The summed E-state index contributed by atoms with van der Waals surface area (Å²) in [6.45, 7) is 12.5. The van der Waals surface area contributed by atoms with Crippen molar-refractivity contribution in [2.24, 2.45) is 10.8 Å². The number of methoxy groups -OCH3 is 1. The molecule has 1 saturated heterocycles. The maximum atomic E-state index is 14.6. The molecular weight excluding hydrogens is 759 g/mol. The fourth-order valence-electron chi connectivity index (χ4n) is 7.66. The molecule has 2 heterocycles. The highest BCUT2D eigenvalue weighted by atomic mass is 16.5. The van der Waals surface area contributed by atoms with Crippen molar-refractivity contribution in [1.29, 1.82) is 0 Å². The summed E-state index contributed by atoms with van der Waals surface area (Å²) < 4.78 is 4.84. The number of pyridine rings is 1. The number of carbonyl (C=O) groups excluding carboxylic acids is 4. The normalized spacial score (nSPS) is 15.7. The number of hydrogen-bond acceptors (Lipinski definition) is 8. The van der Waals surface area contributed by atoms with Gasteiger partial charge in [0.25, 0.3) is 0 Å². The van der Waals surface area contributed by atoms with Gasteiger partial charge in [0, 0.05) is 43.1 Å². The fraction of sp³-hybridized carbons (Fsp3) is 0.426. The summed E-state index contributed by atoms with van der Waals surface area (Å²) in [6, 6.07) is 27.0. The molecule has 4 aromatic rings. The molecule has 5 atom stereocenters. The monoisotopic (exact) mass is 819 g/mol. The van der Waals surface area contributed by atoms with Crippen LogP contribution in [0.1, 0.15) is 64.7 Å². The zero-order chi connectivity index (χ0) is 43.6. The van der Waals surface area contributed by atoms with E-state index in [0.717, 1.165) is 27.9 Å². The van der Waals surface area contributed by atoms with Crippen molar-refractivity contribution in [2.75, 3.05) is 25.9 Å². The molecule has 0 spiro atoms. The number of rotatable bonds is 16. The Morgan fingerprint density at radius 2 is 1.40 bits per heavy atom. The minimum absolute atomic E-state index is 0.0544. The molecule has 2 unspecified atom stereocenters. The lowest BCUT2D eigenvalue weighted by Gasteiger charge is -2.38. The Bertz CT molecular complexity index is 2030. The summed E-state index contributed by atoms with van der Waals surface area (Å²) in [5, 5.41) is 21.2. The molecule has 1 aliphatic rings. The number of nitrogens with two attached hydrogens (primary N) is 1. The number of ether oxygens (including phenoxy) is 1. The highest BCUT2D eigenvalue weighted by Crippen LogP contribution is 2.30. The zero-order valence-electron chi connectivity index (χ0n) is 35.9. The molecule has 6 N–H and O–H groups in total. The molecule has 1 aliphatic heterocycles. The molecule has 5 rings (SSSR count). The molecule has 13 nitrogen and oxygen atoms in total. The van der Waals surface area contributed by atoms with Crippen LogP contribution in [0.15, 0.2) is 103 Å². The van der Waals surface area contributed by atoms with Crippen LogP contribution in [0.5, 0.6) is 0 Å². The number of aromatic nitrogens is 1. The Kier molecular flexibility index (Phi) is 14.9. The van der Waals surface area contributed by atoms with Gasteiger partial charge < -0.3 is 41.3 Å². The molecule has 5 amide bonds. The third kappa shape index (κ3) is 12.3. The van der Waals surface area contributed by atoms with Gasteiger partial charge in [0.15, 0.2) is 0 Å². The number of benzene rings is 3. The summed E-state index contributed by atoms with van der Waals surface area (Å²) in [4.78, 5) is 62.7. The fourth-order valence-corrected chi connectivity index (χ4v) is 7.66. The van der Waals surface area contributed by atoms with Gasteiger partial charge in [0.2, 0.25) is 11.8 Å². The van der Waals surface area contributed by atoms with Crippen LogP contribution < -0.4 is 21.7 Å². The summed E-state index contributed by atoms with van der Waals surface area (Å²) in [7, 11) is 1.24. The number of aliphatic hydroxyl groups is 1. The van der Waals surface area contributed by atoms with Crippen LogP contribution in [-0.2, 0) is 33.7 Å². The minimum Gasteiger partial charge on any atom is -0.453 e. The average molecular weight is 820 g/mol. The van der Waals surface area contributed by atoms with Gasteiger partial charge in [-0.3, -0.25) is 14.6 Å². The summed E-state index contributed by atoms with van der Waals surface area (Å²) in [5.74, 6) is -0.825. The molecular formula is C47H61N7O6. The Hall–Kier alpha value is -5.95. The van der Waals surface area contributed by atoms with Gasteiger partial charge in [-0.15, -0.1) is 0 Å². The second kappa shape index (κ2) is 19.9. The summed E-state index contributed by atoms with van der Waals surface area (Å²) >= 11 is 0. The van der Waals surface area contributed by atoms with Gasteiger partial charge in [0.05, 0.1) is 24.9 Å². The SMILES string of the molecule is COC(=O)NC(C(=O)N[C@@H](Cc1ccc(-c2ccccn2)cc1)C[C@H](O)[C@H](Cc1ccccc1)NC(=O)C(N1CCN(Cc2ccc(N)cc2)C1=O)C(C)(C)C)C(C)(C)C. The quantitative estimate of drug-likeness (QED) is 0.0860. The summed E-state index contributed by atoms with van der Waals surface area (Å²) in [6.07, 6.45) is 0.526. The number of urea groups is 1. The van der Waals surface area contributed by atoms with E-state index in [4.69, 9.17) is 10.5 Å². The number of aliphatic hydroxyl groups excluding tert-OH is 1. The van der Waals surface area contributed by atoms with Crippen LogP contribution in [0, 0.1) is 10.8 Å². The van der Waals surface area contributed by atoms with E-state index in [1.165, 1.54) is 7.11 Å². The highest BCUT2D eigenvalue weighted by molar-refractivity contribution is 5.89. The molecule has 60 heavy (non-hydrogen) atoms. The van der Waals surface area contributed by atoms with Crippen molar-refractivity contribution in [2.45, 2.75) is 97.6 Å². The van der Waals surface area contributed by atoms with Crippen molar-refractivity contribution in [3.63, 3.8) is 0 Å². The lowest BCUT2D eigenvalue weighted by molar-refractivity contribution is -0.131. The third-order valence-electron chi connectivity index (χ3n) is 10.8. The minimum atomic E-state index is -1.15. The van der Waals surface area contributed by atoms with Crippen LogP contribution in [0.3, 0.4) is 0 Å². The van der Waals surface area contributed by atoms with Crippen molar-refractivity contribution >= 4 is 29.6 Å². The smallest absolute Gasteiger partial charge is 0.407 e. The van der Waals surface area contributed by atoms with E-state index in [-0.39, 0.29) is 24.8 Å². The van der Waals surface area contributed by atoms with E-state index in [1.54, 1.807) is 28.1 Å². The van der Waals surface area contributed by atoms with E-state index in [0.29, 0.717) is 31.7 Å². The van der Waals surface area contributed by atoms with Crippen LogP contribution in [-0.4, -0.2) is 94.3 Å². The van der Waals surface area contributed by atoms with E-state index >= 15 is 0 Å². The van der Waals surface area contributed by atoms with Gasteiger partial charge in [-0.2, -0.15) is 0 Å². The first-order valence-electron chi connectivity index (χ1n) is 20.5. The number of nitrogens with zero attached hydrogens (tertiary/aromatic N) is 3. The van der Waals surface area contributed by atoms with Gasteiger partial charge in [-0.1, -0.05) is 114 Å². The van der Waals surface area contributed by atoms with E-state index in [9.17, 15) is 24.3 Å². The van der Waals surface area contributed by atoms with Gasteiger partial charge >= 0.3 is 12.1 Å². The highest BCUT2D eigenvalue weighted by Gasteiger charge is 2.44.